The number of benzene rings is 1. The van der Waals surface area contributed by atoms with E-state index in [2.05, 4.69) is 23.5 Å². The normalized spacial score (nSPS) is 25.7. The van der Waals surface area contributed by atoms with E-state index in [-0.39, 0.29) is 0 Å². The molecule has 0 spiro atoms. The van der Waals surface area contributed by atoms with E-state index < -0.39 is 0 Å². The van der Waals surface area contributed by atoms with E-state index in [1.165, 1.54) is 43.2 Å². The van der Waals surface area contributed by atoms with Crippen molar-refractivity contribution in [1.82, 2.24) is 5.32 Å². The third kappa shape index (κ3) is 2.11. The average molecular weight is 236 g/mol. The van der Waals surface area contributed by atoms with Crippen LogP contribution in [0.2, 0.25) is 5.02 Å². The molecule has 1 heterocycles. The molecule has 1 nitrogen and oxygen atoms in total. The van der Waals surface area contributed by atoms with Crippen LogP contribution in [0.1, 0.15) is 55.2 Å². The number of hydrogen-bond acceptors (Lipinski definition) is 1. The Morgan fingerprint density at radius 1 is 1.12 bits per heavy atom. The molecule has 3 rings (SSSR count). The second-order valence-electron chi connectivity index (χ2n) is 5.06. The second-order valence-corrected chi connectivity index (χ2v) is 5.46. The molecule has 86 valence electrons. The monoisotopic (exact) mass is 235 g/mol. The van der Waals surface area contributed by atoms with Crippen LogP contribution in [0.3, 0.4) is 0 Å². The summed E-state index contributed by atoms with van der Waals surface area (Å²) >= 11 is 6.36. The highest BCUT2D eigenvalue weighted by atomic mass is 35.5. The van der Waals surface area contributed by atoms with Gasteiger partial charge in [-0.25, -0.2) is 0 Å². The molecule has 1 unspecified atom stereocenters. The fourth-order valence-corrected chi connectivity index (χ4v) is 2.97. The molecule has 0 radical (unpaired) electrons. The summed E-state index contributed by atoms with van der Waals surface area (Å²) in [6.07, 6.45) is 6.53. The Labute approximate surface area is 102 Å². The third-order valence-electron chi connectivity index (χ3n) is 3.75. The predicted octanol–water partition coefficient (Wildman–Crippen LogP) is 4.03. The lowest BCUT2D eigenvalue weighted by Gasteiger charge is -2.24. The fraction of sp³-hybridized carbons (Fsp3) is 0.571. The molecule has 1 N–H and O–H groups in total. The first-order valence-corrected chi connectivity index (χ1v) is 6.75. The first-order chi connectivity index (χ1) is 7.84. The molecule has 1 aliphatic carbocycles. The molecule has 1 aromatic carbocycles. The Hall–Kier alpha value is -0.530. The number of rotatable bonds is 2. The van der Waals surface area contributed by atoms with Crippen molar-refractivity contribution in [1.29, 1.82) is 0 Å². The second kappa shape index (κ2) is 4.38. The summed E-state index contributed by atoms with van der Waals surface area (Å²) in [6, 6.07) is 7.21. The summed E-state index contributed by atoms with van der Waals surface area (Å²) in [5, 5.41) is 4.55. The molecule has 2 heteroatoms. The maximum atomic E-state index is 6.36. The quantitative estimate of drug-likeness (QED) is 0.816. The summed E-state index contributed by atoms with van der Waals surface area (Å²) in [7, 11) is 0. The zero-order valence-corrected chi connectivity index (χ0v) is 10.3. The van der Waals surface area contributed by atoms with Gasteiger partial charge in [-0.3, -0.25) is 0 Å². The van der Waals surface area contributed by atoms with Crippen LogP contribution in [0.15, 0.2) is 18.2 Å². The van der Waals surface area contributed by atoms with Gasteiger partial charge in [-0.15, -0.1) is 0 Å². The summed E-state index contributed by atoms with van der Waals surface area (Å²) in [6.45, 7) is 1.15. The molecule has 16 heavy (non-hydrogen) atoms. The molecule has 1 aromatic rings. The van der Waals surface area contributed by atoms with E-state index in [0.29, 0.717) is 6.04 Å². The van der Waals surface area contributed by atoms with Crippen molar-refractivity contribution >= 4 is 11.6 Å². The molecule has 0 bridgehead atoms. The van der Waals surface area contributed by atoms with Crippen molar-refractivity contribution in [2.75, 3.05) is 6.54 Å². The van der Waals surface area contributed by atoms with E-state index in [1.807, 2.05) is 0 Å². The van der Waals surface area contributed by atoms with Crippen LogP contribution in [0.5, 0.6) is 0 Å². The van der Waals surface area contributed by atoms with Gasteiger partial charge in [0.2, 0.25) is 0 Å². The Kier molecular flexibility index (Phi) is 2.91. The minimum Gasteiger partial charge on any atom is -0.310 e. The lowest BCUT2D eigenvalue weighted by atomic mass is 9.96. The lowest BCUT2D eigenvalue weighted by molar-refractivity contribution is 0.412. The number of hydrogen-bond donors (Lipinski definition) is 1. The van der Waals surface area contributed by atoms with Crippen LogP contribution in [0.25, 0.3) is 0 Å². The molecule has 2 fully saturated rings. The Morgan fingerprint density at radius 2 is 2.00 bits per heavy atom. The molecule has 0 amide bonds. The smallest absolute Gasteiger partial charge is 0.0444 e. The molecule has 1 saturated carbocycles. The minimum absolute atomic E-state index is 0.527. The number of halogens is 1. The summed E-state index contributed by atoms with van der Waals surface area (Å²) in [4.78, 5) is 0. The highest BCUT2D eigenvalue weighted by Gasteiger charge is 2.26. The van der Waals surface area contributed by atoms with Gasteiger partial charge in [0.05, 0.1) is 0 Å². The zero-order chi connectivity index (χ0) is 11.0. The van der Waals surface area contributed by atoms with E-state index in [1.54, 1.807) is 0 Å². The van der Waals surface area contributed by atoms with Crippen molar-refractivity contribution < 1.29 is 0 Å². The van der Waals surface area contributed by atoms with Gasteiger partial charge in [-0.2, -0.15) is 0 Å². The molecule has 1 saturated heterocycles. The van der Waals surface area contributed by atoms with Crippen LogP contribution in [0, 0.1) is 0 Å². The largest absolute Gasteiger partial charge is 0.310 e. The summed E-state index contributed by atoms with van der Waals surface area (Å²) in [5.74, 6) is 0.751. The summed E-state index contributed by atoms with van der Waals surface area (Å²) in [5.41, 5.74) is 2.73. The van der Waals surface area contributed by atoms with Crippen molar-refractivity contribution in [3.8, 4) is 0 Å². The summed E-state index contributed by atoms with van der Waals surface area (Å²) < 4.78 is 0. The van der Waals surface area contributed by atoms with Gasteiger partial charge in [-0.05, 0) is 55.3 Å². The molecule has 1 aliphatic heterocycles. The zero-order valence-electron chi connectivity index (χ0n) is 9.51. The van der Waals surface area contributed by atoms with Crippen molar-refractivity contribution in [3.05, 3.63) is 34.3 Å². The van der Waals surface area contributed by atoms with E-state index in [4.69, 9.17) is 11.6 Å². The van der Waals surface area contributed by atoms with Gasteiger partial charge in [0, 0.05) is 11.1 Å². The van der Waals surface area contributed by atoms with Crippen LogP contribution in [-0.2, 0) is 0 Å². The first kappa shape index (κ1) is 10.6. The van der Waals surface area contributed by atoms with E-state index >= 15 is 0 Å². The standard InChI is InChI=1S/C14H18ClN/c15-13-9-11(14-3-1-2-8-16-14)6-7-12(13)10-4-5-10/h6-7,9-10,14,16H,1-5,8H2. The Morgan fingerprint density at radius 3 is 2.62 bits per heavy atom. The highest BCUT2D eigenvalue weighted by Crippen LogP contribution is 2.43. The van der Waals surface area contributed by atoms with Gasteiger partial charge >= 0.3 is 0 Å². The lowest BCUT2D eigenvalue weighted by Crippen LogP contribution is -2.26. The Bertz CT molecular complexity index is 378. The molecular weight excluding hydrogens is 218 g/mol. The first-order valence-electron chi connectivity index (χ1n) is 6.37. The van der Waals surface area contributed by atoms with Crippen LogP contribution < -0.4 is 5.32 Å². The van der Waals surface area contributed by atoms with Gasteiger partial charge in [-0.1, -0.05) is 30.2 Å². The Balaban J connectivity index is 1.81. The van der Waals surface area contributed by atoms with E-state index in [9.17, 15) is 0 Å². The average Bonchev–Trinajstić information content (AvgIpc) is 3.14. The molecule has 2 aliphatic rings. The molecule has 0 aromatic heterocycles. The van der Waals surface area contributed by atoms with Crippen molar-refractivity contribution in [2.24, 2.45) is 0 Å². The van der Waals surface area contributed by atoms with Gasteiger partial charge in [0.15, 0.2) is 0 Å². The van der Waals surface area contributed by atoms with E-state index in [0.717, 1.165) is 17.5 Å². The SMILES string of the molecule is Clc1cc(C2CCCCN2)ccc1C1CC1. The van der Waals surface area contributed by atoms with Crippen LogP contribution in [-0.4, -0.2) is 6.54 Å². The molecular formula is C14H18ClN. The number of nitrogens with one attached hydrogen (secondary N) is 1. The minimum atomic E-state index is 0.527. The highest BCUT2D eigenvalue weighted by molar-refractivity contribution is 6.31. The number of piperidine rings is 1. The topological polar surface area (TPSA) is 12.0 Å². The van der Waals surface area contributed by atoms with Crippen molar-refractivity contribution in [2.45, 2.75) is 44.1 Å². The predicted molar refractivity (Wildman–Crippen MR) is 68.0 cm³/mol. The van der Waals surface area contributed by atoms with Gasteiger partial charge < -0.3 is 5.32 Å². The maximum Gasteiger partial charge on any atom is 0.0444 e. The fourth-order valence-electron chi connectivity index (χ4n) is 2.62. The third-order valence-corrected chi connectivity index (χ3v) is 4.08. The van der Waals surface area contributed by atoms with Gasteiger partial charge in [0.1, 0.15) is 0 Å². The maximum absolute atomic E-state index is 6.36. The van der Waals surface area contributed by atoms with Crippen molar-refractivity contribution in [3.63, 3.8) is 0 Å². The van der Waals surface area contributed by atoms with Gasteiger partial charge in [0.25, 0.3) is 0 Å². The molecule has 1 atom stereocenters. The van der Waals surface area contributed by atoms with Crippen LogP contribution in [0.4, 0.5) is 0 Å². The van der Waals surface area contributed by atoms with Crippen LogP contribution >= 0.6 is 11.6 Å².